The number of carbonyl (C=O) groups excluding carboxylic acids is 3. The summed E-state index contributed by atoms with van der Waals surface area (Å²) in [7, 11) is 0. The van der Waals surface area contributed by atoms with Crippen LogP contribution in [0.2, 0.25) is 0 Å². The lowest BCUT2D eigenvalue weighted by molar-refractivity contribution is -0.120. The molecule has 4 heterocycles. The van der Waals surface area contributed by atoms with E-state index in [0.29, 0.717) is 42.4 Å². The molecule has 2 fully saturated rings. The van der Waals surface area contributed by atoms with Crippen molar-refractivity contribution in [2.75, 3.05) is 18.4 Å². The van der Waals surface area contributed by atoms with Crippen LogP contribution in [0, 0.1) is 0 Å². The van der Waals surface area contributed by atoms with Gasteiger partial charge in [0, 0.05) is 29.9 Å². The van der Waals surface area contributed by atoms with Crippen molar-refractivity contribution in [2.24, 2.45) is 0 Å². The fourth-order valence-electron chi connectivity index (χ4n) is 6.00. The van der Waals surface area contributed by atoms with Gasteiger partial charge in [0.1, 0.15) is 23.1 Å². The molecule has 2 N–H and O–H groups in total. The molecule has 4 aromatic rings. The standard InChI is InChI=1S/C35H42N6O6/c1-34(2,3)46-32(43)40-16-8-12-26(40)29-38-24-15-14-21(19-25(24)39-29)28-20-36-31(45-28)22-10-7-11-23(18-22)37-30(42)27-13-9-17-41(27)33(44)47-35(4,5)6/h7,10-11,14-15,18-20,26-27H,8-9,12-13,16-17H2,1-6H3,(H,37,42)(H,38,39)/t26-,27-/m0/s1. The minimum atomic E-state index is -0.641. The molecule has 2 aromatic heterocycles. The maximum Gasteiger partial charge on any atom is 0.410 e. The van der Waals surface area contributed by atoms with Crippen LogP contribution in [0.4, 0.5) is 15.3 Å². The molecule has 0 bridgehead atoms. The van der Waals surface area contributed by atoms with Gasteiger partial charge in [0.05, 0.1) is 23.3 Å². The zero-order chi connectivity index (χ0) is 33.5. The molecule has 0 aliphatic carbocycles. The van der Waals surface area contributed by atoms with Gasteiger partial charge in [0.25, 0.3) is 0 Å². The monoisotopic (exact) mass is 642 g/mol. The molecule has 0 unspecified atom stereocenters. The predicted octanol–water partition coefficient (Wildman–Crippen LogP) is 7.29. The molecule has 6 rings (SSSR count). The summed E-state index contributed by atoms with van der Waals surface area (Å²) in [6.07, 6.45) is 3.82. The first kappa shape index (κ1) is 32.1. The van der Waals surface area contributed by atoms with Gasteiger partial charge in [-0.3, -0.25) is 14.6 Å². The molecule has 12 heteroatoms. The number of amides is 3. The van der Waals surface area contributed by atoms with Crippen molar-refractivity contribution in [3.63, 3.8) is 0 Å². The van der Waals surface area contributed by atoms with Gasteiger partial charge in [0.15, 0.2) is 5.76 Å². The van der Waals surface area contributed by atoms with Gasteiger partial charge in [-0.25, -0.2) is 19.6 Å². The first-order chi connectivity index (χ1) is 22.2. The average Bonchev–Trinajstić information content (AvgIpc) is 3.80. The van der Waals surface area contributed by atoms with E-state index in [1.54, 1.807) is 44.0 Å². The van der Waals surface area contributed by atoms with Gasteiger partial charge in [-0.2, -0.15) is 0 Å². The summed E-state index contributed by atoms with van der Waals surface area (Å²) >= 11 is 0. The number of fused-ring (bicyclic) bond motifs is 1. The first-order valence-electron chi connectivity index (χ1n) is 16.1. The zero-order valence-electron chi connectivity index (χ0n) is 27.8. The molecule has 2 saturated heterocycles. The molecule has 2 aromatic carbocycles. The van der Waals surface area contributed by atoms with Crippen molar-refractivity contribution < 1.29 is 28.3 Å². The quantitative estimate of drug-likeness (QED) is 0.231. The third-order valence-corrected chi connectivity index (χ3v) is 8.05. The van der Waals surface area contributed by atoms with Gasteiger partial charge >= 0.3 is 12.2 Å². The predicted molar refractivity (Wildman–Crippen MR) is 177 cm³/mol. The van der Waals surface area contributed by atoms with Gasteiger partial charge < -0.3 is 24.2 Å². The van der Waals surface area contributed by atoms with Crippen LogP contribution in [0.25, 0.3) is 33.8 Å². The lowest BCUT2D eigenvalue weighted by atomic mass is 10.1. The SMILES string of the molecule is CC(C)(C)OC(=O)N1CCC[C@H]1C(=O)Nc1cccc(-c2ncc(-c3ccc4[nH]c([C@@H]5CCCN5C(=O)OC(C)(C)C)nc4c3)o2)c1. The summed E-state index contributed by atoms with van der Waals surface area (Å²) in [5, 5.41) is 2.94. The van der Waals surface area contributed by atoms with E-state index in [4.69, 9.17) is 18.9 Å². The lowest BCUT2D eigenvalue weighted by Crippen LogP contribution is -2.45. The largest absolute Gasteiger partial charge is 0.444 e. The van der Waals surface area contributed by atoms with Gasteiger partial charge in [0.2, 0.25) is 11.8 Å². The summed E-state index contributed by atoms with van der Waals surface area (Å²) in [5.41, 5.74) is 2.46. The summed E-state index contributed by atoms with van der Waals surface area (Å²) in [6, 6.07) is 12.3. The number of aromatic amines is 1. The summed E-state index contributed by atoms with van der Waals surface area (Å²) in [5.74, 6) is 1.42. The van der Waals surface area contributed by atoms with Gasteiger partial charge in [-0.15, -0.1) is 0 Å². The Morgan fingerprint density at radius 1 is 0.894 bits per heavy atom. The van der Waals surface area contributed by atoms with E-state index in [2.05, 4.69) is 15.3 Å². The maximum atomic E-state index is 13.2. The normalized spacial score (nSPS) is 18.5. The highest BCUT2D eigenvalue weighted by atomic mass is 16.6. The molecule has 2 aliphatic heterocycles. The van der Waals surface area contributed by atoms with Crippen LogP contribution in [0.5, 0.6) is 0 Å². The molecule has 3 amide bonds. The molecule has 0 radical (unpaired) electrons. The highest BCUT2D eigenvalue weighted by Crippen LogP contribution is 2.34. The first-order valence-corrected chi connectivity index (χ1v) is 16.1. The van der Waals surface area contributed by atoms with Crippen molar-refractivity contribution in [3.8, 4) is 22.8 Å². The maximum absolute atomic E-state index is 13.2. The number of likely N-dealkylation sites (tertiary alicyclic amines) is 2. The highest BCUT2D eigenvalue weighted by molar-refractivity contribution is 5.97. The minimum absolute atomic E-state index is 0.181. The molecule has 12 nitrogen and oxygen atoms in total. The van der Waals surface area contributed by atoms with Crippen LogP contribution in [0.15, 0.2) is 53.1 Å². The van der Waals surface area contributed by atoms with Gasteiger partial charge in [-0.1, -0.05) is 6.07 Å². The number of carbonyl (C=O) groups is 3. The highest BCUT2D eigenvalue weighted by Gasteiger charge is 2.37. The Kier molecular flexibility index (Phi) is 8.46. The van der Waals surface area contributed by atoms with Crippen LogP contribution in [0.3, 0.4) is 0 Å². The number of rotatable bonds is 5. The summed E-state index contributed by atoms with van der Waals surface area (Å²) in [4.78, 5) is 54.7. The Labute approximate surface area is 273 Å². The number of hydrogen-bond donors (Lipinski definition) is 2. The topological polar surface area (TPSA) is 143 Å². The van der Waals surface area contributed by atoms with Crippen molar-refractivity contribution in [3.05, 3.63) is 54.5 Å². The second kappa shape index (κ2) is 12.4. The van der Waals surface area contributed by atoms with Crippen molar-refractivity contribution >= 4 is 34.8 Å². The second-order valence-electron chi connectivity index (χ2n) is 14.1. The fraction of sp³-hybridized carbons (Fsp3) is 0.457. The Bertz CT molecular complexity index is 1800. The number of nitrogens with one attached hydrogen (secondary N) is 2. The molecule has 2 atom stereocenters. The summed E-state index contributed by atoms with van der Waals surface area (Å²) in [6.45, 7) is 12.1. The Morgan fingerprint density at radius 2 is 1.60 bits per heavy atom. The Hall–Kier alpha value is -4.87. The van der Waals surface area contributed by atoms with E-state index >= 15 is 0 Å². The molecule has 2 aliphatic rings. The van der Waals surface area contributed by atoms with E-state index < -0.39 is 23.3 Å². The molecule has 47 heavy (non-hydrogen) atoms. The van der Waals surface area contributed by atoms with Crippen LogP contribution < -0.4 is 5.32 Å². The summed E-state index contributed by atoms with van der Waals surface area (Å²) < 4.78 is 17.3. The average molecular weight is 643 g/mol. The zero-order valence-corrected chi connectivity index (χ0v) is 27.8. The molecular formula is C35H42N6O6. The van der Waals surface area contributed by atoms with E-state index in [0.717, 1.165) is 41.7 Å². The number of ether oxygens (including phenoxy) is 2. The van der Waals surface area contributed by atoms with Crippen LogP contribution in [0.1, 0.15) is 79.1 Å². The van der Waals surface area contributed by atoms with E-state index in [-0.39, 0.29) is 18.0 Å². The second-order valence-corrected chi connectivity index (χ2v) is 14.1. The van der Waals surface area contributed by atoms with Crippen molar-refractivity contribution in [2.45, 2.75) is 90.5 Å². The fourth-order valence-corrected chi connectivity index (χ4v) is 6.00. The number of aromatic nitrogens is 3. The van der Waals surface area contributed by atoms with Crippen molar-refractivity contribution in [1.29, 1.82) is 0 Å². The molecule has 0 saturated carbocycles. The molecule has 248 valence electrons. The smallest absolute Gasteiger partial charge is 0.410 e. The number of oxazole rings is 1. The minimum Gasteiger partial charge on any atom is -0.444 e. The lowest BCUT2D eigenvalue weighted by Gasteiger charge is -2.28. The molecule has 0 spiro atoms. The van der Waals surface area contributed by atoms with E-state index in [9.17, 15) is 14.4 Å². The van der Waals surface area contributed by atoms with Crippen LogP contribution in [-0.4, -0.2) is 73.2 Å². The Balaban J connectivity index is 1.15. The Morgan fingerprint density at radius 3 is 2.34 bits per heavy atom. The van der Waals surface area contributed by atoms with Gasteiger partial charge in [-0.05, 0) is 104 Å². The van der Waals surface area contributed by atoms with Crippen LogP contribution in [-0.2, 0) is 14.3 Å². The number of imidazole rings is 1. The van der Waals surface area contributed by atoms with Crippen molar-refractivity contribution in [1.82, 2.24) is 24.8 Å². The van der Waals surface area contributed by atoms with Crippen LogP contribution >= 0.6 is 0 Å². The number of nitrogens with zero attached hydrogens (tertiary/aromatic N) is 4. The molecular weight excluding hydrogens is 600 g/mol. The van der Waals surface area contributed by atoms with E-state index in [1.165, 1.54) is 4.90 Å². The third-order valence-electron chi connectivity index (χ3n) is 8.05. The number of hydrogen-bond acceptors (Lipinski definition) is 8. The number of benzene rings is 2. The third kappa shape index (κ3) is 7.26. The number of anilines is 1. The van der Waals surface area contributed by atoms with E-state index in [1.807, 2.05) is 51.1 Å². The number of H-pyrrole nitrogens is 1.